The largest absolute Gasteiger partial charge is 0.491 e. The fourth-order valence-electron chi connectivity index (χ4n) is 5.14. The monoisotopic (exact) mass is 528 g/mol. The average Bonchev–Trinajstić information content (AvgIpc) is 2.90. The lowest BCUT2D eigenvalue weighted by Crippen LogP contribution is -2.62. The average molecular weight is 529 g/mol. The van der Waals surface area contributed by atoms with Gasteiger partial charge in [0.05, 0.1) is 19.7 Å². The molecule has 2 aliphatic heterocycles. The molecular weight excluding hydrogens is 492 g/mol. The van der Waals surface area contributed by atoms with E-state index in [1.165, 1.54) is 5.56 Å². The molecule has 1 unspecified atom stereocenters. The third kappa shape index (κ3) is 6.39. The van der Waals surface area contributed by atoms with Crippen molar-refractivity contribution in [1.29, 1.82) is 0 Å². The molecule has 1 saturated heterocycles. The van der Waals surface area contributed by atoms with Gasteiger partial charge in [0.1, 0.15) is 18.1 Å². The number of benzene rings is 2. The van der Waals surface area contributed by atoms with Gasteiger partial charge in [-0.3, -0.25) is 9.59 Å². The molecule has 0 aliphatic carbocycles. The molecule has 0 radical (unpaired) electrons. The van der Waals surface area contributed by atoms with E-state index in [1.54, 1.807) is 9.80 Å². The van der Waals surface area contributed by atoms with Crippen LogP contribution in [0.2, 0.25) is 5.02 Å². The molecule has 4 rings (SSSR count). The fraction of sp³-hybridized carbons (Fsp3) is 0.517. The first-order valence-electron chi connectivity index (χ1n) is 13.1. The first kappa shape index (κ1) is 27.3. The molecule has 1 fully saturated rings. The summed E-state index contributed by atoms with van der Waals surface area (Å²) in [5.41, 5.74) is 1.92. The zero-order chi connectivity index (χ0) is 26.4. The number of likely N-dealkylation sites (N-methyl/N-ethyl adjacent to an activating group) is 1. The Bertz CT molecular complexity index is 1100. The number of ether oxygens (including phenoxy) is 3. The molecule has 2 aromatic rings. The van der Waals surface area contributed by atoms with Gasteiger partial charge in [-0.05, 0) is 81.3 Å². The molecule has 200 valence electrons. The van der Waals surface area contributed by atoms with E-state index in [9.17, 15) is 9.59 Å². The van der Waals surface area contributed by atoms with Crippen molar-refractivity contribution in [2.75, 3.05) is 46.0 Å². The zero-order valence-electron chi connectivity index (χ0n) is 22.1. The number of carbonyl (C=O) groups is 2. The van der Waals surface area contributed by atoms with Crippen LogP contribution in [-0.2, 0) is 20.7 Å². The van der Waals surface area contributed by atoms with Crippen LogP contribution in [0.1, 0.15) is 42.9 Å². The lowest BCUT2D eigenvalue weighted by molar-refractivity contribution is -0.177. The predicted molar refractivity (Wildman–Crippen MR) is 143 cm³/mol. The van der Waals surface area contributed by atoms with Crippen molar-refractivity contribution < 1.29 is 23.8 Å². The Morgan fingerprint density at radius 1 is 1.11 bits per heavy atom. The van der Waals surface area contributed by atoms with Crippen LogP contribution in [0.15, 0.2) is 36.4 Å². The molecule has 0 bridgehead atoms. The van der Waals surface area contributed by atoms with Crippen LogP contribution >= 0.6 is 11.6 Å². The van der Waals surface area contributed by atoms with Crippen molar-refractivity contribution in [3.05, 3.63) is 58.1 Å². The number of para-hydroxylation sites is 1. The number of amides is 2. The van der Waals surface area contributed by atoms with Gasteiger partial charge in [-0.2, -0.15) is 0 Å². The van der Waals surface area contributed by atoms with Crippen LogP contribution in [0.25, 0.3) is 0 Å². The van der Waals surface area contributed by atoms with Crippen LogP contribution in [0.5, 0.6) is 11.5 Å². The number of morpholine rings is 1. The Morgan fingerprint density at radius 2 is 1.86 bits per heavy atom. The predicted octanol–water partition coefficient (Wildman–Crippen LogP) is 4.59. The smallest absolute Gasteiger partial charge is 0.260 e. The molecule has 8 heteroatoms. The van der Waals surface area contributed by atoms with Crippen LogP contribution in [0.4, 0.5) is 0 Å². The van der Waals surface area contributed by atoms with Crippen LogP contribution in [0, 0.1) is 13.8 Å². The first-order chi connectivity index (χ1) is 17.8. The van der Waals surface area contributed by atoms with Gasteiger partial charge in [-0.1, -0.05) is 29.8 Å². The van der Waals surface area contributed by atoms with Gasteiger partial charge in [0.2, 0.25) is 0 Å². The van der Waals surface area contributed by atoms with Crippen molar-refractivity contribution in [1.82, 2.24) is 9.80 Å². The SMILES string of the molecule is CCN1CCOc2ccccc2CCCCC2(CN(C(=O)COc3cc(C)c(Cl)c(C)c3)CCO2)C1=O. The molecule has 1 spiro atoms. The molecule has 0 N–H and O–H groups in total. The second kappa shape index (κ2) is 12.2. The molecule has 0 saturated carbocycles. The Morgan fingerprint density at radius 3 is 2.62 bits per heavy atom. The van der Waals surface area contributed by atoms with Crippen molar-refractivity contribution >= 4 is 23.4 Å². The molecule has 2 heterocycles. The highest BCUT2D eigenvalue weighted by Gasteiger charge is 2.46. The molecule has 7 nitrogen and oxygen atoms in total. The summed E-state index contributed by atoms with van der Waals surface area (Å²) in [6.07, 6.45) is 3.14. The number of nitrogens with zero attached hydrogens (tertiary/aromatic N) is 2. The normalized spacial score (nSPS) is 21.0. The number of rotatable bonds is 4. The Hall–Kier alpha value is -2.77. The molecule has 2 aliphatic rings. The topological polar surface area (TPSA) is 68.3 Å². The Balaban J connectivity index is 1.47. The summed E-state index contributed by atoms with van der Waals surface area (Å²) >= 11 is 6.26. The van der Waals surface area contributed by atoms with E-state index in [-0.39, 0.29) is 25.0 Å². The quantitative estimate of drug-likeness (QED) is 0.580. The fourth-order valence-corrected chi connectivity index (χ4v) is 5.25. The van der Waals surface area contributed by atoms with Gasteiger partial charge in [0.25, 0.3) is 11.8 Å². The van der Waals surface area contributed by atoms with Gasteiger partial charge in [-0.25, -0.2) is 0 Å². The van der Waals surface area contributed by atoms with Gasteiger partial charge in [0, 0.05) is 18.1 Å². The number of aryl methyl sites for hydroxylation is 3. The number of hydrogen-bond acceptors (Lipinski definition) is 5. The molecule has 37 heavy (non-hydrogen) atoms. The van der Waals surface area contributed by atoms with Crippen molar-refractivity contribution in [2.45, 2.75) is 52.1 Å². The third-order valence-electron chi connectivity index (χ3n) is 7.24. The van der Waals surface area contributed by atoms with E-state index in [4.69, 9.17) is 25.8 Å². The number of hydrogen-bond donors (Lipinski definition) is 0. The Labute approximate surface area is 224 Å². The van der Waals surface area contributed by atoms with Gasteiger partial charge < -0.3 is 24.0 Å². The molecule has 2 aromatic carbocycles. The lowest BCUT2D eigenvalue weighted by Gasteiger charge is -2.44. The van der Waals surface area contributed by atoms with Crippen LogP contribution < -0.4 is 9.47 Å². The summed E-state index contributed by atoms with van der Waals surface area (Å²) in [5.74, 6) is 1.26. The molecule has 0 aromatic heterocycles. The highest BCUT2D eigenvalue weighted by Crippen LogP contribution is 2.30. The van der Waals surface area contributed by atoms with Crippen molar-refractivity contribution in [2.24, 2.45) is 0 Å². The summed E-state index contributed by atoms with van der Waals surface area (Å²) < 4.78 is 18.1. The van der Waals surface area contributed by atoms with E-state index >= 15 is 0 Å². The summed E-state index contributed by atoms with van der Waals surface area (Å²) in [7, 11) is 0. The minimum atomic E-state index is -1.06. The second-order valence-corrected chi connectivity index (χ2v) is 10.2. The highest BCUT2D eigenvalue weighted by atomic mass is 35.5. The van der Waals surface area contributed by atoms with Crippen molar-refractivity contribution in [3.63, 3.8) is 0 Å². The van der Waals surface area contributed by atoms with Gasteiger partial charge in [-0.15, -0.1) is 0 Å². The second-order valence-electron chi connectivity index (χ2n) is 9.87. The number of halogens is 1. The van der Waals surface area contributed by atoms with Gasteiger partial charge in [0.15, 0.2) is 12.2 Å². The molecule has 1 atom stereocenters. The van der Waals surface area contributed by atoms with E-state index in [0.717, 1.165) is 36.1 Å². The van der Waals surface area contributed by atoms with E-state index in [0.29, 0.717) is 50.0 Å². The summed E-state index contributed by atoms with van der Waals surface area (Å²) in [5, 5.41) is 0.698. The highest BCUT2D eigenvalue weighted by molar-refractivity contribution is 6.32. The number of carbonyl (C=O) groups excluding carboxylic acids is 2. The first-order valence-corrected chi connectivity index (χ1v) is 13.5. The Kier molecular flexibility index (Phi) is 8.98. The minimum Gasteiger partial charge on any atom is -0.491 e. The van der Waals surface area contributed by atoms with E-state index in [1.807, 2.05) is 51.1 Å². The van der Waals surface area contributed by atoms with E-state index < -0.39 is 5.60 Å². The zero-order valence-corrected chi connectivity index (χ0v) is 22.8. The summed E-state index contributed by atoms with van der Waals surface area (Å²) in [4.78, 5) is 30.5. The number of fused-ring (bicyclic) bond motifs is 1. The van der Waals surface area contributed by atoms with Gasteiger partial charge >= 0.3 is 0 Å². The third-order valence-corrected chi connectivity index (χ3v) is 7.83. The maximum atomic E-state index is 13.8. The standard InChI is InChI=1S/C29H37ClN2O5/c1-4-31-13-15-35-25-11-6-5-9-23(25)10-7-8-12-29(28(31)34)20-32(14-16-37-29)26(33)19-36-24-17-21(2)27(30)22(3)18-24/h5-6,9,11,17-18H,4,7-8,10,12-16,19-20H2,1-3H3. The lowest BCUT2D eigenvalue weighted by atomic mass is 9.91. The van der Waals surface area contributed by atoms with Crippen LogP contribution in [-0.4, -0.2) is 73.2 Å². The maximum Gasteiger partial charge on any atom is 0.260 e. The summed E-state index contributed by atoms with van der Waals surface area (Å²) in [6, 6.07) is 11.8. The summed E-state index contributed by atoms with van der Waals surface area (Å²) in [6.45, 7) is 8.05. The molecule has 2 amide bonds. The minimum absolute atomic E-state index is 0.0742. The maximum absolute atomic E-state index is 13.8. The van der Waals surface area contributed by atoms with Crippen LogP contribution in [0.3, 0.4) is 0 Å². The molecular formula is C29H37ClN2O5. The van der Waals surface area contributed by atoms with Crippen molar-refractivity contribution in [3.8, 4) is 11.5 Å². The van der Waals surface area contributed by atoms with E-state index in [2.05, 4.69) is 6.07 Å².